The Bertz CT molecular complexity index is 305. The van der Waals surface area contributed by atoms with E-state index < -0.39 is 37.2 Å². The van der Waals surface area contributed by atoms with Crippen LogP contribution < -0.4 is 16.0 Å². The van der Waals surface area contributed by atoms with Gasteiger partial charge in [-0.15, -0.1) is 0 Å². The molecule has 98 valence electrons. The minimum atomic E-state index is -4.96. The highest BCUT2D eigenvalue weighted by Crippen LogP contribution is 2.13. The summed E-state index contributed by atoms with van der Waals surface area (Å²) in [5, 5.41) is 13.5. The number of hydrogen-bond donors (Lipinski definition) is 4. The summed E-state index contributed by atoms with van der Waals surface area (Å²) in [6.07, 6.45) is -6.36. The van der Waals surface area contributed by atoms with Crippen molar-refractivity contribution >= 4 is 17.9 Å². The molecule has 4 N–H and O–H groups in total. The van der Waals surface area contributed by atoms with E-state index in [1.807, 2.05) is 0 Å². The number of hydrogen-bond acceptors (Lipinski definition) is 3. The van der Waals surface area contributed by atoms with E-state index in [-0.39, 0.29) is 6.54 Å². The van der Waals surface area contributed by atoms with Crippen LogP contribution in [0.4, 0.5) is 18.0 Å². The first-order valence-corrected chi connectivity index (χ1v) is 4.32. The van der Waals surface area contributed by atoms with Crippen molar-refractivity contribution in [1.29, 1.82) is 0 Å². The van der Waals surface area contributed by atoms with Crippen LogP contribution in [-0.4, -0.2) is 48.8 Å². The van der Waals surface area contributed by atoms with Crippen molar-refractivity contribution in [2.24, 2.45) is 0 Å². The van der Waals surface area contributed by atoms with E-state index in [2.05, 4.69) is 5.32 Å². The molecule has 0 heterocycles. The number of nitrogens with one attached hydrogen (secondary N) is 3. The highest BCUT2D eigenvalue weighted by molar-refractivity contribution is 5.82. The zero-order valence-corrected chi connectivity index (χ0v) is 8.43. The highest BCUT2D eigenvalue weighted by atomic mass is 19.4. The molecule has 0 aliphatic heterocycles. The zero-order chi connectivity index (χ0) is 13.5. The number of carboxylic acid groups (broad SMARTS) is 1. The van der Waals surface area contributed by atoms with Crippen LogP contribution in [0.1, 0.15) is 0 Å². The van der Waals surface area contributed by atoms with Gasteiger partial charge in [-0.3, -0.25) is 9.59 Å². The molecule has 7 nitrogen and oxygen atoms in total. The Kier molecular flexibility index (Phi) is 5.78. The maximum Gasteiger partial charge on any atom is 0.471 e. The SMILES string of the molecule is O=C(O)NCC(=O)NCCNC(=O)C(F)(F)F. The van der Waals surface area contributed by atoms with Crippen molar-refractivity contribution in [3.05, 3.63) is 0 Å². The summed E-state index contributed by atoms with van der Waals surface area (Å²) >= 11 is 0. The van der Waals surface area contributed by atoms with Gasteiger partial charge in [-0.2, -0.15) is 13.2 Å². The maximum absolute atomic E-state index is 11.7. The molecule has 0 radical (unpaired) electrons. The fraction of sp³-hybridized carbons (Fsp3) is 0.571. The van der Waals surface area contributed by atoms with Crippen LogP contribution in [0.5, 0.6) is 0 Å². The fourth-order valence-electron chi connectivity index (χ4n) is 0.697. The average Bonchev–Trinajstić information content (AvgIpc) is 2.19. The summed E-state index contributed by atoms with van der Waals surface area (Å²) in [7, 11) is 0. The Balaban J connectivity index is 3.62. The van der Waals surface area contributed by atoms with Crippen molar-refractivity contribution in [3.63, 3.8) is 0 Å². The Hall–Kier alpha value is -2.00. The van der Waals surface area contributed by atoms with Crippen LogP contribution in [0.3, 0.4) is 0 Å². The van der Waals surface area contributed by atoms with Gasteiger partial charge in [0.2, 0.25) is 5.91 Å². The van der Waals surface area contributed by atoms with E-state index in [4.69, 9.17) is 5.11 Å². The minimum Gasteiger partial charge on any atom is -0.465 e. The molecule has 17 heavy (non-hydrogen) atoms. The molecule has 0 spiro atoms. The number of amides is 3. The molecule has 0 rings (SSSR count). The second-order valence-electron chi connectivity index (χ2n) is 2.76. The van der Waals surface area contributed by atoms with Gasteiger partial charge >= 0.3 is 18.2 Å². The molecule has 0 aliphatic carbocycles. The van der Waals surface area contributed by atoms with Gasteiger partial charge in [0.05, 0.1) is 6.54 Å². The number of rotatable bonds is 5. The molecule has 0 aromatic heterocycles. The first-order chi connectivity index (χ1) is 7.73. The number of alkyl halides is 3. The van der Waals surface area contributed by atoms with Gasteiger partial charge in [0, 0.05) is 13.1 Å². The van der Waals surface area contributed by atoms with Crippen molar-refractivity contribution in [3.8, 4) is 0 Å². The topological polar surface area (TPSA) is 108 Å². The Morgan fingerprint density at radius 3 is 2.00 bits per heavy atom. The number of halogens is 3. The molecule has 0 aliphatic rings. The molecule has 0 bridgehead atoms. The van der Waals surface area contributed by atoms with Gasteiger partial charge in [0.1, 0.15) is 0 Å². The van der Waals surface area contributed by atoms with E-state index >= 15 is 0 Å². The van der Waals surface area contributed by atoms with Gasteiger partial charge in [-0.05, 0) is 0 Å². The summed E-state index contributed by atoms with van der Waals surface area (Å²) in [6, 6.07) is 0. The summed E-state index contributed by atoms with van der Waals surface area (Å²) < 4.78 is 35.0. The molecule has 0 saturated carbocycles. The molecule has 3 amide bonds. The van der Waals surface area contributed by atoms with Crippen LogP contribution in [0, 0.1) is 0 Å². The van der Waals surface area contributed by atoms with Crippen molar-refractivity contribution in [2.45, 2.75) is 6.18 Å². The molecule has 0 atom stereocenters. The number of carbonyl (C=O) groups is 3. The van der Waals surface area contributed by atoms with Crippen LogP contribution >= 0.6 is 0 Å². The second kappa shape index (κ2) is 6.55. The smallest absolute Gasteiger partial charge is 0.465 e. The van der Waals surface area contributed by atoms with E-state index in [9.17, 15) is 27.6 Å². The van der Waals surface area contributed by atoms with E-state index in [0.29, 0.717) is 0 Å². The molecule has 0 fully saturated rings. The maximum atomic E-state index is 11.7. The first kappa shape index (κ1) is 15.0. The summed E-state index contributed by atoms with van der Waals surface area (Å²) in [5.41, 5.74) is 0. The largest absolute Gasteiger partial charge is 0.471 e. The van der Waals surface area contributed by atoms with Gasteiger partial charge in [0.25, 0.3) is 0 Å². The standard InChI is InChI=1S/C7H10F3N3O4/c8-7(9,10)5(15)12-2-1-11-4(14)3-13-6(16)17/h13H,1-3H2,(H,11,14)(H,12,15)(H,16,17). The molecule has 10 heteroatoms. The van der Waals surface area contributed by atoms with Crippen LogP contribution in [0.25, 0.3) is 0 Å². The van der Waals surface area contributed by atoms with Gasteiger partial charge in [-0.1, -0.05) is 0 Å². The quantitative estimate of drug-likeness (QED) is 0.476. The van der Waals surface area contributed by atoms with Crippen LogP contribution in [0.2, 0.25) is 0 Å². The average molecular weight is 257 g/mol. The molecule has 0 unspecified atom stereocenters. The molecule has 0 aromatic carbocycles. The van der Waals surface area contributed by atoms with Crippen LogP contribution in [-0.2, 0) is 9.59 Å². The lowest BCUT2D eigenvalue weighted by atomic mass is 10.5. The molecule has 0 saturated heterocycles. The van der Waals surface area contributed by atoms with E-state index in [1.165, 1.54) is 5.32 Å². The van der Waals surface area contributed by atoms with Gasteiger partial charge in [-0.25, -0.2) is 4.79 Å². The predicted octanol–water partition coefficient (Wildman–Crippen LogP) is -0.951. The summed E-state index contributed by atoms with van der Waals surface area (Å²) in [5.74, 6) is -2.82. The van der Waals surface area contributed by atoms with Crippen molar-refractivity contribution in [2.75, 3.05) is 19.6 Å². The Labute approximate surface area is 93.4 Å². The molecular weight excluding hydrogens is 247 g/mol. The monoisotopic (exact) mass is 257 g/mol. The zero-order valence-electron chi connectivity index (χ0n) is 8.43. The lowest BCUT2D eigenvalue weighted by molar-refractivity contribution is -0.173. The summed E-state index contributed by atoms with van der Waals surface area (Å²) in [4.78, 5) is 31.1. The third-order valence-electron chi connectivity index (χ3n) is 1.39. The first-order valence-electron chi connectivity index (χ1n) is 4.32. The summed E-state index contributed by atoms with van der Waals surface area (Å²) in [6.45, 7) is -1.15. The minimum absolute atomic E-state index is 0.234. The van der Waals surface area contributed by atoms with Gasteiger partial charge in [0.15, 0.2) is 0 Å². The highest BCUT2D eigenvalue weighted by Gasteiger charge is 2.38. The molecular formula is C7H10F3N3O4. The third kappa shape index (κ3) is 7.88. The van der Waals surface area contributed by atoms with E-state index in [1.54, 1.807) is 5.32 Å². The fourth-order valence-corrected chi connectivity index (χ4v) is 0.697. The lowest BCUT2D eigenvalue weighted by Crippen LogP contribution is -2.43. The normalized spacial score (nSPS) is 10.5. The second-order valence-corrected chi connectivity index (χ2v) is 2.76. The predicted molar refractivity (Wildman–Crippen MR) is 48.1 cm³/mol. The number of carbonyl (C=O) groups excluding carboxylic acids is 2. The van der Waals surface area contributed by atoms with Crippen molar-refractivity contribution in [1.82, 2.24) is 16.0 Å². The lowest BCUT2D eigenvalue weighted by Gasteiger charge is -2.08. The third-order valence-corrected chi connectivity index (χ3v) is 1.39. The Morgan fingerprint density at radius 2 is 1.53 bits per heavy atom. The Morgan fingerprint density at radius 1 is 1.00 bits per heavy atom. The molecule has 0 aromatic rings. The van der Waals surface area contributed by atoms with Crippen molar-refractivity contribution < 1.29 is 32.7 Å². The van der Waals surface area contributed by atoms with Crippen LogP contribution in [0.15, 0.2) is 0 Å². The van der Waals surface area contributed by atoms with E-state index in [0.717, 1.165) is 0 Å². The van der Waals surface area contributed by atoms with Gasteiger partial charge < -0.3 is 21.1 Å².